The fraction of sp³-hybridized carbons (Fsp3) is 0.526. The smallest absolute Gasteiger partial charge is 0.309 e. The number of methoxy groups -OCH3 is 1. The third-order valence-corrected chi connectivity index (χ3v) is 5.02. The van der Waals surface area contributed by atoms with Crippen LogP contribution in [-0.2, 0) is 19.1 Å². The lowest BCUT2D eigenvalue weighted by Gasteiger charge is -2.33. The third-order valence-electron chi connectivity index (χ3n) is 5.02. The summed E-state index contributed by atoms with van der Waals surface area (Å²) in [6.45, 7) is 3.39. The lowest BCUT2D eigenvalue weighted by Crippen LogP contribution is -2.47. The van der Waals surface area contributed by atoms with Gasteiger partial charge in [0.1, 0.15) is 5.75 Å². The van der Waals surface area contributed by atoms with Crippen LogP contribution in [0.2, 0.25) is 0 Å². The molecule has 2 saturated heterocycles. The average Bonchev–Trinajstić information content (AvgIpc) is 2.96. The number of esters is 1. The van der Waals surface area contributed by atoms with E-state index < -0.39 is 6.04 Å². The Bertz CT molecular complexity index is 697. The lowest BCUT2D eigenvalue weighted by atomic mass is 9.95. The average molecular weight is 360 g/mol. The number of anilines is 1. The Hall–Kier alpha value is -2.41. The number of rotatable bonds is 5. The summed E-state index contributed by atoms with van der Waals surface area (Å²) in [6.07, 6.45) is 1.46. The van der Waals surface area contributed by atoms with E-state index in [1.165, 1.54) is 4.90 Å². The Kier molecular flexibility index (Phi) is 5.56. The quantitative estimate of drug-likeness (QED) is 0.586. The van der Waals surface area contributed by atoms with Gasteiger partial charge < -0.3 is 9.47 Å². The van der Waals surface area contributed by atoms with Gasteiger partial charge in [0.05, 0.1) is 37.8 Å². The van der Waals surface area contributed by atoms with Crippen LogP contribution in [0.3, 0.4) is 0 Å². The summed E-state index contributed by atoms with van der Waals surface area (Å²) in [7, 11) is 1.54. The molecule has 2 fully saturated rings. The molecule has 1 aromatic carbocycles. The van der Waals surface area contributed by atoms with E-state index in [0.29, 0.717) is 44.0 Å². The fourth-order valence-corrected chi connectivity index (χ4v) is 3.63. The number of ether oxygens (including phenoxy) is 2. The second kappa shape index (κ2) is 7.86. The number of hydrogen-bond donors (Lipinski definition) is 0. The Balaban J connectivity index is 1.67. The molecular weight excluding hydrogens is 336 g/mol. The van der Waals surface area contributed by atoms with Gasteiger partial charge in [0.2, 0.25) is 5.91 Å². The first-order chi connectivity index (χ1) is 12.5. The number of benzene rings is 1. The highest BCUT2D eigenvalue weighted by Crippen LogP contribution is 2.30. The molecule has 2 aliphatic heterocycles. The highest BCUT2D eigenvalue weighted by molar-refractivity contribution is 6.22. The van der Waals surface area contributed by atoms with E-state index in [9.17, 15) is 14.4 Å². The van der Waals surface area contributed by atoms with Crippen LogP contribution in [0.5, 0.6) is 5.75 Å². The van der Waals surface area contributed by atoms with Crippen LogP contribution in [0, 0.1) is 5.92 Å². The van der Waals surface area contributed by atoms with Gasteiger partial charge in [-0.3, -0.25) is 19.3 Å². The normalized spacial score (nSPS) is 21.9. The molecule has 0 saturated carbocycles. The van der Waals surface area contributed by atoms with E-state index in [1.54, 1.807) is 38.3 Å². The molecule has 2 aliphatic rings. The van der Waals surface area contributed by atoms with Crippen LogP contribution in [0.15, 0.2) is 24.3 Å². The number of hydrogen-bond acceptors (Lipinski definition) is 6. The van der Waals surface area contributed by atoms with Crippen molar-refractivity contribution in [1.29, 1.82) is 0 Å². The minimum absolute atomic E-state index is 0.118. The maximum Gasteiger partial charge on any atom is 0.309 e. The molecule has 1 aromatic rings. The SMILES string of the molecule is CCOC(=O)C1CCN([C@H]2CC(=O)N(c3cccc(OC)c3)C2=O)CC1. The predicted molar refractivity (Wildman–Crippen MR) is 94.8 cm³/mol. The lowest BCUT2D eigenvalue weighted by molar-refractivity contribution is -0.149. The number of imide groups is 1. The summed E-state index contributed by atoms with van der Waals surface area (Å²) in [5.41, 5.74) is 0.531. The molecule has 1 atom stereocenters. The second-order valence-electron chi connectivity index (χ2n) is 6.55. The molecule has 0 spiro atoms. The molecule has 7 heteroatoms. The predicted octanol–water partition coefficient (Wildman–Crippen LogP) is 1.60. The molecule has 140 valence electrons. The van der Waals surface area contributed by atoms with Gasteiger partial charge in [-0.15, -0.1) is 0 Å². The van der Waals surface area contributed by atoms with Gasteiger partial charge in [-0.05, 0) is 45.0 Å². The maximum atomic E-state index is 12.9. The zero-order valence-corrected chi connectivity index (χ0v) is 15.1. The Morgan fingerprint density at radius 1 is 1.23 bits per heavy atom. The summed E-state index contributed by atoms with van der Waals surface area (Å²) in [5, 5.41) is 0. The molecule has 0 bridgehead atoms. The molecular formula is C19H24N2O5. The highest BCUT2D eigenvalue weighted by Gasteiger charge is 2.44. The first kappa shape index (κ1) is 18.4. The second-order valence-corrected chi connectivity index (χ2v) is 6.55. The van der Waals surface area contributed by atoms with E-state index in [-0.39, 0.29) is 30.1 Å². The first-order valence-corrected chi connectivity index (χ1v) is 8.96. The zero-order chi connectivity index (χ0) is 18.7. The third kappa shape index (κ3) is 3.58. The van der Waals surface area contributed by atoms with E-state index in [0.717, 1.165) is 0 Å². The van der Waals surface area contributed by atoms with Gasteiger partial charge >= 0.3 is 5.97 Å². The van der Waals surface area contributed by atoms with Crippen molar-refractivity contribution in [2.75, 3.05) is 31.7 Å². The first-order valence-electron chi connectivity index (χ1n) is 8.96. The number of carbonyl (C=O) groups is 3. The Morgan fingerprint density at radius 3 is 2.62 bits per heavy atom. The number of likely N-dealkylation sites (tertiary alicyclic amines) is 1. The van der Waals surface area contributed by atoms with Crippen molar-refractivity contribution in [3.63, 3.8) is 0 Å². The van der Waals surface area contributed by atoms with Gasteiger partial charge in [-0.1, -0.05) is 6.07 Å². The fourth-order valence-electron chi connectivity index (χ4n) is 3.63. The van der Waals surface area contributed by atoms with Crippen molar-refractivity contribution in [3.05, 3.63) is 24.3 Å². The molecule has 0 radical (unpaired) electrons. The van der Waals surface area contributed by atoms with Crippen LogP contribution in [0.1, 0.15) is 26.2 Å². The molecule has 2 heterocycles. The van der Waals surface area contributed by atoms with E-state index in [2.05, 4.69) is 0 Å². The van der Waals surface area contributed by atoms with Gasteiger partial charge in [-0.2, -0.15) is 0 Å². The van der Waals surface area contributed by atoms with Crippen LogP contribution < -0.4 is 9.64 Å². The Labute approximate surface area is 152 Å². The molecule has 2 amide bonds. The number of carbonyl (C=O) groups excluding carboxylic acids is 3. The van der Waals surface area contributed by atoms with Crippen LogP contribution in [0.4, 0.5) is 5.69 Å². The van der Waals surface area contributed by atoms with Crippen LogP contribution in [0.25, 0.3) is 0 Å². The van der Waals surface area contributed by atoms with Crippen molar-refractivity contribution in [2.45, 2.75) is 32.2 Å². The molecule has 0 unspecified atom stereocenters. The zero-order valence-electron chi connectivity index (χ0n) is 15.1. The number of piperidine rings is 1. The summed E-state index contributed by atoms with van der Waals surface area (Å²) >= 11 is 0. The minimum Gasteiger partial charge on any atom is -0.497 e. The monoisotopic (exact) mass is 360 g/mol. The molecule has 26 heavy (non-hydrogen) atoms. The topological polar surface area (TPSA) is 76.2 Å². The summed E-state index contributed by atoms with van der Waals surface area (Å²) in [5.74, 6) is -0.104. The van der Waals surface area contributed by atoms with E-state index in [4.69, 9.17) is 9.47 Å². The molecule has 0 aromatic heterocycles. The molecule has 0 aliphatic carbocycles. The van der Waals surface area contributed by atoms with Gasteiger partial charge in [0, 0.05) is 6.07 Å². The minimum atomic E-state index is -0.461. The van der Waals surface area contributed by atoms with Gasteiger partial charge in [0.25, 0.3) is 5.91 Å². The van der Waals surface area contributed by atoms with Crippen LogP contribution >= 0.6 is 0 Å². The van der Waals surface area contributed by atoms with Crippen molar-refractivity contribution in [2.24, 2.45) is 5.92 Å². The summed E-state index contributed by atoms with van der Waals surface area (Å²) in [4.78, 5) is 40.4. The van der Waals surface area contributed by atoms with E-state index in [1.807, 2.05) is 4.90 Å². The standard InChI is InChI=1S/C19H24N2O5/c1-3-26-19(24)13-7-9-20(10-8-13)16-12-17(22)21(18(16)23)14-5-4-6-15(11-14)25-2/h4-6,11,13,16H,3,7-10,12H2,1-2H3/t16-/m0/s1. The molecule has 3 rings (SSSR count). The van der Waals surface area contributed by atoms with Crippen molar-refractivity contribution in [3.8, 4) is 5.75 Å². The highest BCUT2D eigenvalue weighted by atomic mass is 16.5. The Morgan fingerprint density at radius 2 is 1.96 bits per heavy atom. The summed E-state index contributed by atoms with van der Waals surface area (Å²) < 4.78 is 10.3. The summed E-state index contributed by atoms with van der Waals surface area (Å²) in [6, 6.07) is 6.48. The van der Waals surface area contributed by atoms with Gasteiger partial charge in [-0.25, -0.2) is 4.90 Å². The van der Waals surface area contributed by atoms with Crippen molar-refractivity contribution < 1.29 is 23.9 Å². The van der Waals surface area contributed by atoms with Crippen LogP contribution in [-0.4, -0.2) is 55.5 Å². The molecule has 7 nitrogen and oxygen atoms in total. The largest absolute Gasteiger partial charge is 0.497 e. The maximum absolute atomic E-state index is 12.9. The number of amides is 2. The van der Waals surface area contributed by atoms with E-state index >= 15 is 0 Å². The number of nitrogens with zero attached hydrogens (tertiary/aromatic N) is 2. The molecule has 0 N–H and O–H groups in total. The van der Waals surface area contributed by atoms with Gasteiger partial charge in [0.15, 0.2) is 0 Å². The van der Waals surface area contributed by atoms with Crippen molar-refractivity contribution >= 4 is 23.5 Å². The van der Waals surface area contributed by atoms with Crippen molar-refractivity contribution in [1.82, 2.24) is 4.90 Å².